The van der Waals surface area contributed by atoms with E-state index in [0.717, 1.165) is 17.4 Å². The van der Waals surface area contributed by atoms with Gasteiger partial charge in [-0.15, -0.1) is 0 Å². The van der Waals surface area contributed by atoms with Crippen molar-refractivity contribution in [2.45, 2.75) is 13.3 Å². The smallest absolute Gasteiger partial charge is 0.259 e. The van der Waals surface area contributed by atoms with Gasteiger partial charge in [0.2, 0.25) is 0 Å². The van der Waals surface area contributed by atoms with Gasteiger partial charge in [0.05, 0.1) is 10.6 Å². The monoisotopic (exact) mass is 367 g/mol. The minimum absolute atomic E-state index is 0.212. The van der Waals surface area contributed by atoms with Crippen LogP contribution in [0, 0.1) is 0 Å². The largest absolute Gasteiger partial charge is 0.369 e. The predicted octanol–water partition coefficient (Wildman–Crippen LogP) is 4.57. The summed E-state index contributed by atoms with van der Waals surface area (Å²) in [6.45, 7) is 2.82. The molecule has 6 heteroatoms. The highest BCUT2D eigenvalue weighted by atomic mass is 79.9. The Kier molecular flexibility index (Phi) is 5.59. The Hall–Kier alpha value is -1.59. The number of aromatic nitrogens is 1. The molecule has 0 atom stereocenters. The minimum Gasteiger partial charge on any atom is -0.369 e. The van der Waals surface area contributed by atoms with Crippen LogP contribution in [0.4, 0.5) is 11.5 Å². The zero-order valence-electron chi connectivity index (χ0n) is 11.5. The molecular weight excluding hydrogens is 354 g/mol. The first-order valence-corrected chi connectivity index (χ1v) is 7.74. The SMILES string of the molecule is CCCNc1ncccc1C(=O)Nc1ccc(Cl)c(Br)c1. The molecule has 0 bridgehead atoms. The van der Waals surface area contributed by atoms with Crippen molar-refractivity contribution in [1.82, 2.24) is 4.98 Å². The van der Waals surface area contributed by atoms with Crippen LogP contribution in [-0.2, 0) is 0 Å². The van der Waals surface area contributed by atoms with Crippen LogP contribution in [0.5, 0.6) is 0 Å². The van der Waals surface area contributed by atoms with Gasteiger partial charge in [-0.05, 0) is 52.7 Å². The molecule has 0 aliphatic rings. The number of anilines is 2. The zero-order chi connectivity index (χ0) is 15.2. The highest BCUT2D eigenvalue weighted by molar-refractivity contribution is 9.10. The maximum Gasteiger partial charge on any atom is 0.259 e. The van der Waals surface area contributed by atoms with Crippen LogP contribution in [0.15, 0.2) is 41.0 Å². The highest BCUT2D eigenvalue weighted by Gasteiger charge is 2.12. The van der Waals surface area contributed by atoms with Gasteiger partial charge in [-0.25, -0.2) is 4.98 Å². The molecule has 0 spiro atoms. The summed E-state index contributed by atoms with van der Waals surface area (Å²) in [5.74, 6) is 0.376. The fourth-order valence-electron chi connectivity index (χ4n) is 1.75. The van der Waals surface area contributed by atoms with Crippen molar-refractivity contribution >= 4 is 44.9 Å². The number of benzene rings is 1. The molecule has 2 N–H and O–H groups in total. The van der Waals surface area contributed by atoms with Crippen LogP contribution in [0.3, 0.4) is 0 Å². The van der Waals surface area contributed by atoms with Crippen LogP contribution in [0.1, 0.15) is 23.7 Å². The van der Waals surface area contributed by atoms with E-state index in [9.17, 15) is 4.79 Å². The summed E-state index contributed by atoms with van der Waals surface area (Å²) in [5, 5.41) is 6.58. The Morgan fingerprint density at radius 2 is 2.19 bits per heavy atom. The first-order chi connectivity index (χ1) is 10.1. The Morgan fingerprint density at radius 1 is 1.38 bits per heavy atom. The highest BCUT2D eigenvalue weighted by Crippen LogP contribution is 2.26. The second-order valence-electron chi connectivity index (χ2n) is 4.41. The summed E-state index contributed by atoms with van der Waals surface area (Å²) < 4.78 is 0.734. The molecule has 1 heterocycles. The Balaban J connectivity index is 2.18. The third kappa shape index (κ3) is 4.19. The standard InChI is InChI=1S/C15H15BrClN3O/c1-2-7-18-14-11(4-3-8-19-14)15(21)20-10-5-6-13(17)12(16)9-10/h3-6,8-9H,2,7H2,1H3,(H,18,19)(H,20,21). The summed E-state index contributed by atoms with van der Waals surface area (Å²) in [7, 11) is 0. The van der Waals surface area contributed by atoms with Crippen molar-refractivity contribution in [1.29, 1.82) is 0 Å². The van der Waals surface area contributed by atoms with Crippen LogP contribution in [-0.4, -0.2) is 17.4 Å². The van der Waals surface area contributed by atoms with E-state index in [-0.39, 0.29) is 5.91 Å². The van der Waals surface area contributed by atoms with Crippen LogP contribution in [0.2, 0.25) is 5.02 Å². The molecule has 0 aliphatic carbocycles. The van der Waals surface area contributed by atoms with Gasteiger partial charge in [-0.2, -0.15) is 0 Å². The molecule has 0 fully saturated rings. The molecule has 1 amide bonds. The van der Waals surface area contributed by atoms with E-state index in [0.29, 0.717) is 22.1 Å². The maximum atomic E-state index is 12.4. The van der Waals surface area contributed by atoms with Crippen molar-refractivity contribution in [2.24, 2.45) is 0 Å². The average molecular weight is 369 g/mol. The second kappa shape index (κ2) is 7.43. The number of nitrogens with one attached hydrogen (secondary N) is 2. The van der Waals surface area contributed by atoms with Gasteiger partial charge in [-0.1, -0.05) is 18.5 Å². The van der Waals surface area contributed by atoms with Crippen LogP contribution >= 0.6 is 27.5 Å². The van der Waals surface area contributed by atoms with Gasteiger partial charge >= 0.3 is 0 Å². The molecule has 21 heavy (non-hydrogen) atoms. The third-order valence-corrected chi connectivity index (χ3v) is 3.99. The van der Waals surface area contributed by atoms with E-state index in [4.69, 9.17) is 11.6 Å². The summed E-state index contributed by atoms with van der Waals surface area (Å²) >= 11 is 9.27. The van der Waals surface area contributed by atoms with E-state index in [1.165, 1.54) is 0 Å². The number of nitrogens with zero attached hydrogens (tertiary/aromatic N) is 1. The number of hydrogen-bond donors (Lipinski definition) is 2. The van der Waals surface area contributed by atoms with E-state index in [2.05, 4.69) is 38.5 Å². The topological polar surface area (TPSA) is 54.0 Å². The molecular formula is C15H15BrClN3O. The fourth-order valence-corrected chi connectivity index (χ4v) is 2.24. The lowest BCUT2D eigenvalue weighted by atomic mass is 10.2. The maximum absolute atomic E-state index is 12.4. The Morgan fingerprint density at radius 3 is 2.90 bits per heavy atom. The zero-order valence-corrected chi connectivity index (χ0v) is 13.8. The van der Waals surface area contributed by atoms with E-state index >= 15 is 0 Å². The second-order valence-corrected chi connectivity index (χ2v) is 5.67. The van der Waals surface area contributed by atoms with Gasteiger partial charge in [0, 0.05) is 22.9 Å². The molecule has 0 saturated heterocycles. The lowest BCUT2D eigenvalue weighted by molar-refractivity contribution is 0.102. The molecule has 0 aliphatic heterocycles. The predicted molar refractivity (Wildman–Crippen MR) is 90.1 cm³/mol. The lowest BCUT2D eigenvalue weighted by Crippen LogP contribution is -2.16. The molecule has 0 radical (unpaired) electrons. The van der Waals surface area contributed by atoms with E-state index < -0.39 is 0 Å². The lowest BCUT2D eigenvalue weighted by Gasteiger charge is -2.11. The van der Waals surface area contributed by atoms with Gasteiger partial charge in [0.15, 0.2) is 0 Å². The number of hydrogen-bond acceptors (Lipinski definition) is 3. The fraction of sp³-hybridized carbons (Fsp3) is 0.200. The van der Waals surface area contributed by atoms with Crippen molar-refractivity contribution in [3.8, 4) is 0 Å². The summed E-state index contributed by atoms with van der Waals surface area (Å²) in [6.07, 6.45) is 2.62. The van der Waals surface area contributed by atoms with Crippen LogP contribution in [0.25, 0.3) is 0 Å². The molecule has 110 valence electrons. The van der Waals surface area contributed by atoms with Gasteiger partial charge in [0.1, 0.15) is 5.82 Å². The van der Waals surface area contributed by atoms with Crippen molar-refractivity contribution in [2.75, 3.05) is 17.2 Å². The molecule has 0 unspecified atom stereocenters. The first-order valence-electron chi connectivity index (χ1n) is 6.57. The summed E-state index contributed by atoms with van der Waals surface area (Å²) in [4.78, 5) is 16.6. The minimum atomic E-state index is -0.212. The number of pyridine rings is 1. The van der Waals surface area contributed by atoms with Crippen molar-refractivity contribution in [3.05, 3.63) is 51.6 Å². The Bertz CT molecular complexity index is 649. The Labute approximate surface area is 137 Å². The average Bonchev–Trinajstić information content (AvgIpc) is 2.49. The molecule has 1 aromatic heterocycles. The number of carbonyl (C=O) groups is 1. The summed E-state index contributed by atoms with van der Waals surface area (Å²) in [5.41, 5.74) is 1.18. The molecule has 1 aromatic carbocycles. The number of amides is 1. The number of rotatable bonds is 5. The quantitative estimate of drug-likeness (QED) is 0.812. The van der Waals surface area contributed by atoms with Gasteiger partial charge < -0.3 is 10.6 Å². The van der Waals surface area contributed by atoms with Crippen LogP contribution < -0.4 is 10.6 Å². The van der Waals surface area contributed by atoms with Crippen molar-refractivity contribution < 1.29 is 4.79 Å². The number of carbonyl (C=O) groups excluding carboxylic acids is 1. The van der Waals surface area contributed by atoms with Gasteiger partial charge in [-0.3, -0.25) is 4.79 Å². The van der Waals surface area contributed by atoms with E-state index in [1.807, 2.05) is 0 Å². The van der Waals surface area contributed by atoms with Gasteiger partial charge in [0.25, 0.3) is 5.91 Å². The van der Waals surface area contributed by atoms with Crippen molar-refractivity contribution in [3.63, 3.8) is 0 Å². The third-order valence-electron chi connectivity index (χ3n) is 2.77. The molecule has 2 rings (SSSR count). The molecule has 0 saturated carbocycles. The normalized spacial score (nSPS) is 10.2. The molecule has 4 nitrogen and oxygen atoms in total. The number of halogens is 2. The van der Waals surface area contributed by atoms with E-state index in [1.54, 1.807) is 36.5 Å². The first kappa shape index (κ1) is 15.8. The molecule has 2 aromatic rings. The summed E-state index contributed by atoms with van der Waals surface area (Å²) in [6, 6.07) is 8.71.